The molecule has 1 heterocycles. The molecule has 0 aliphatic heterocycles. The van der Waals surface area contributed by atoms with Gasteiger partial charge in [-0.1, -0.05) is 164 Å². The van der Waals surface area contributed by atoms with Crippen LogP contribution in [-0.2, 0) is 0 Å². The highest BCUT2D eigenvalue weighted by molar-refractivity contribution is 6.27. The Bertz CT molecular complexity index is 3120. The van der Waals surface area contributed by atoms with Gasteiger partial charge >= 0.3 is 0 Å². The number of hydrogen-bond acceptors (Lipinski definition) is 1. The van der Waals surface area contributed by atoms with Crippen molar-refractivity contribution in [3.63, 3.8) is 0 Å². The summed E-state index contributed by atoms with van der Waals surface area (Å²) in [5.41, 5.74) is 9.17. The maximum absolute atomic E-state index is 6.89. The van der Waals surface area contributed by atoms with Crippen LogP contribution < -0.4 is 0 Å². The minimum absolute atomic E-state index is 0.884. The third-order valence-corrected chi connectivity index (χ3v) is 10.8. The molecule has 0 spiro atoms. The third kappa shape index (κ3) is 4.28. The van der Waals surface area contributed by atoms with E-state index in [-0.39, 0.29) is 0 Å². The van der Waals surface area contributed by atoms with Crippen LogP contribution in [0.1, 0.15) is 0 Å². The summed E-state index contributed by atoms with van der Waals surface area (Å²) >= 11 is 0. The number of fused-ring (bicyclic) bond motifs is 3. The summed E-state index contributed by atoms with van der Waals surface area (Å²) in [6, 6.07) is 66.2. The van der Waals surface area contributed by atoms with Gasteiger partial charge in [0, 0.05) is 16.5 Å². The van der Waals surface area contributed by atoms with Crippen LogP contribution in [-0.4, -0.2) is 0 Å². The predicted octanol–water partition coefficient (Wildman–Crippen LogP) is 14.3. The van der Waals surface area contributed by atoms with E-state index in [1.807, 2.05) is 0 Å². The summed E-state index contributed by atoms with van der Waals surface area (Å²) in [6.07, 6.45) is 0. The van der Waals surface area contributed by atoms with Crippen LogP contribution in [0.15, 0.2) is 186 Å². The monoisotopic (exact) mass is 646 g/mol. The molecule has 0 radical (unpaired) electrons. The molecule has 0 N–H and O–H groups in total. The molecule has 1 heteroatoms. The number of furan rings is 1. The third-order valence-electron chi connectivity index (χ3n) is 10.8. The van der Waals surface area contributed by atoms with E-state index in [0.29, 0.717) is 0 Å². The zero-order valence-electron chi connectivity index (χ0n) is 27.7. The van der Waals surface area contributed by atoms with Crippen LogP contribution >= 0.6 is 0 Å². The average molecular weight is 647 g/mol. The van der Waals surface area contributed by atoms with Crippen molar-refractivity contribution < 1.29 is 4.42 Å². The zero-order valence-corrected chi connectivity index (χ0v) is 27.7. The lowest BCUT2D eigenvalue weighted by atomic mass is 9.87. The fraction of sp³-hybridized carbons (Fsp3) is 0. The van der Waals surface area contributed by atoms with E-state index < -0.39 is 0 Å². The highest BCUT2D eigenvalue weighted by atomic mass is 16.3. The minimum Gasteiger partial charge on any atom is -0.455 e. The second kappa shape index (κ2) is 10.9. The molecule has 0 bridgehead atoms. The Morgan fingerprint density at radius 3 is 1.69 bits per heavy atom. The number of rotatable bonds is 4. The molecule has 236 valence electrons. The fourth-order valence-electron chi connectivity index (χ4n) is 8.43. The first-order valence-corrected chi connectivity index (χ1v) is 17.6. The van der Waals surface area contributed by atoms with Crippen LogP contribution in [0.5, 0.6) is 0 Å². The van der Waals surface area contributed by atoms with Crippen LogP contribution in [0.2, 0.25) is 0 Å². The van der Waals surface area contributed by atoms with Gasteiger partial charge in [0.2, 0.25) is 0 Å². The van der Waals surface area contributed by atoms with E-state index in [1.54, 1.807) is 0 Å². The van der Waals surface area contributed by atoms with Crippen LogP contribution in [0, 0.1) is 0 Å². The first-order chi connectivity index (χ1) is 25.3. The fourth-order valence-corrected chi connectivity index (χ4v) is 8.43. The van der Waals surface area contributed by atoms with Crippen molar-refractivity contribution >= 4 is 64.8 Å². The molecule has 1 aromatic heterocycles. The van der Waals surface area contributed by atoms with E-state index in [0.717, 1.165) is 33.4 Å². The Balaban J connectivity index is 1.18. The molecule has 0 aliphatic rings. The summed E-state index contributed by atoms with van der Waals surface area (Å²) < 4.78 is 6.89. The van der Waals surface area contributed by atoms with Gasteiger partial charge in [-0.15, -0.1) is 0 Å². The van der Waals surface area contributed by atoms with E-state index >= 15 is 0 Å². The lowest BCUT2D eigenvalue weighted by molar-refractivity contribution is 0.633. The molecule has 0 amide bonds. The lowest BCUT2D eigenvalue weighted by Crippen LogP contribution is -1.89. The van der Waals surface area contributed by atoms with Crippen LogP contribution in [0.4, 0.5) is 0 Å². The Kier molecular flexibility index (Phi) is 6.02. The van der Waals surface area contributed by atoms with Gasteiger partial charge < -0.3 is 4.42 Å². The van der Waals surface area contributed by atoms with E-state index in [1.165, 1.54) is 76.1 Å². The predicted molar refractivity (Wildman–Crippen MR) is 217 cm³/mol. The van der Waals surface area contributed by atoms with Crippen LogP contribution in [0.25, 0.3) is 110 Å². The van der Waals surface area contributed by atoms with Crippen molar-refractivity contribution in [1.82, 2.24) is 0 Å². The van der Waals surface area contributed by atoms with Gasteiger partial charge in [0.1, 0.15) is 11.3 Å². The maximum Gasteiger partial charge on any atom is 0.143 e. The quantitative estimate of drug-likeness (QED) is 0.173. The summed E-state index contributed by atoms with van der Waals surface area (Å²) in [7, 11) is 0. The highest BCUT2D eigenvalue weighted by Crippen LogP contribution is 2.47. The Morgan fingerprint density at radius 1 is 0.294 bits per heavy atom. The molecular weight excluding hydrogens is 617 g/mol. The molecule has 51 heavy (non-hydrogen) atoms. The smallest absolute Gasteiger partial charge is 0.143 e. The van der Waals surface area contributed by atoms with Crippen molar-refractivity contribution in [2.24, 2.45) is 0 Å². The van der Waals surface area contributed by atoms with Gasteiger partial charge in [-0.25, -0.2) is 0 Å². The molecule has 11 rings (SSSR count). The molecule has 1 nitrogen and oxygen atoms in total. The summed E-state index contributed by atoms with van der Waals surface area (Å²) in [5.74, 6) is 0.901. The van der Waals surface area contributed by atoms with Crippen molar-refractivity contribution in [1.29, 1.82) is 0 Å². The molecule has 10 aromatic carbocycles. The summed E-state index contributed by atoms with van der Waals surface area (Å²) in [5, 5.41) is 13.7. The topological polar surface area (TPSA) is 13.1 Å². The standard InChI is InChI=1S/C50H30O/c1-2-10-32(11-3-1)40-24-19-34-22-27-43-41(25-20-35-21-26-42(40)47(34)48(35)43)37-23-28-46-45(30-37)49(38-18-17-31-9-4-5-13-36(31)29-38)50(51-46)44-16-8-14-33-12-6-7-15-39(33)44/h1-30H. The molecule has 0 aliphatic carbocycles. The van der Waals surface area contributed by atoms with Gasteiger partial charge in [0.25, 0.3) is 0 Å². The molecule has 0 fully saturated rings. The molecule has 0 atom stereocenters. The van der Waals surface area contributed by atoms with Gasteiger partial charge in [-0.3, -0.25) is 0 Å². The number of hydrogen-bond donors (Lipinski definition) is 0. The molecular formula is C50H30O. The highest BCUT2D eigenvalue weighted by Gasteiger charge is 2.21. The first kappa shape index (κ1) is 28.2. The first-order valence-electron chi connectivity index (χ1n) is 17.6. The Hall–Kier alpha value is -6.70. The number of benzene rings is 10. The normalized spacial score (nSPS) is 11.9. The van der Waals surface area contributed by atoms with Gasteiger partial charge in [0.15, 0.2) is 0 Å². The van der Waals surface area contributed by atoms with Gasteiger partial charge in [-0.2, -0.15) is 0 Å². The lowest BCUT2D eigenvalue weighted by Gasteiger charge is -2.16. The molecule has 0 saturated carbocycles. The zero-order chi connectivity index (χ0) is 33.5. The molecule has 0 unspecified atom stereocenters. The van der Waals surface area contributed by atoms with Crippen molar-refractivity contribution in [2.75, 3.05) is 0 Å². The van der Waals surface area contributed by atoms with E-state index in [9.17, 15) is 0 Å². The largest absolute Gasteiger partial charge is 0.455 e. The van der Waals surface area contributed by atoms with Crippen molar-refractivity contribution in [2.45, 2.75) is 0 Å². The second-order valence-corrected chi connectivity index (χ2v) is 13.6. The Morgan fingerprint density at radius 2 is 0.902 bits per heavy atom. The van der Waals surface area contributed by atoms with Crippen LogP contribution in [0.3, 0.4) is 0 Å². The average Bonchev–Trinajstić information content (AvgIpc) is 3.58. The summed E-state index contributed by atoms with van der Waals surface area (Å²) in [6.45, 7) is 0. The molecule has 11 aromatic rings. The SMILES string of the molecule is c1ccc(-c2ccc3ccc4c(-c5ccc6oc(-c7cccc8ccccc78)c(-c7ccc8ccccc8c7)c6c5)ccc5ccc2c3c54)cc1. The van der Waals surface area contributed by atoms with E-state index in [2.05, 4.69) is 182 Å². The minimum atomic E-state index is 0.884. The molecule has 0 saturated heterocycles. The maximum atomic E-state index is 6.89. The summed E-state index contributed by atoms with van der Waals surface area (Å²) in [4.78, 5) is 0. The van der Waals surface area contributed by atoms with Crippen molar-refractivity contribution in [3.8, 4) is 44.7 Å². The van der Waals surface area contributed by atoms with Gasteiger partial charge in [0.05, 0.1) is 0 Å². The van der Waals surface area contributed by atoms with Crippen molar-refractivity contribution in [3.05, 3.63) is 182 Å². The van der Waals surface area contributed by atoms with Gasteiger partial charge in [-0.05, 0) is 99.9 Å². The van der Waals surface area contributed by atoms with E-state index in [4.69, 9.17) is 4.42 Å². The second-order valence-electron chi connectivity index (χ2n) is 13.6. The Labute approximate surface area is 295 Å².